The van der Waals surface area contributed by atoms with Gasteiger partial charge in [0.1, 0.15) is 0 Å². The highest BCUT2D eigenvalue weighted by molar-refractivity contribution is 5.90. The van der Waals surface area contributed by atoms with Gasteiger partial charge in [0.2, 0.25) is 0 Å². The van der Waals surface area contributed by atoms with Gasteiger partial charge in [-0.2, -0.15) is 0 Å². The molecule has 0 saturated carbocycles. The smallest absolute Gasteiger partial charge is 0.0159 e. The summed E-state index contributed by atoms with van der Waals surface area (Å²) in [6.07, 6.45) is 0. The van der Waals surface area contributed by atoms with Crippen LogP contribution in [0.3, 0.4) is 0 Å². The second-order valence-electron chi connectivity index (χ2n) is 15.0. The Morgan fingerprint density at radius 3 is 1.02 bits per heavy atom. The van der Waals surface area contributed by atoms with Crippen LogP contribution in [-0.2, 0) is 16.2 Å². The Hall–Kier alpha value is -4.68. The summed E-state index contributed by atoms with van der Waals surface area (Å²) >= 11 is 0. The van der Waals surface area contributed by atoms with Crippen LogP contribution >= 0.6 is 0 Å². The first kappa shape index (κ1) is 26.7. The number of hydrogen-bond acceptors (Lipinski definition) is 0. The summed E-state index contributed by atoms with van der Waals surface area (Å²) in [6, 6.07) is 46.3. The average Bonchev–Trinajstić information content (AvgIpc) is 3.53. The normalized spacial score (nSPS) is 16.8. The van der Waals surface area contributed by atoms with Gasteiger partial charge in [-0.15, -0.1) is 0 Å². The highest BCUT2D eigenvalue weighted by Gasteiger charge is 2.38. The third kappa shape index (κ3) is 3.49. The Morgan fingerprint density at radius 1 is 0.267 bits per heavy atom. The summed E-state index contributed by atoms with van der Waals surface area (Å²) in [6.45, 7) is 14.2. The first-order valence-electron chi connectivity index (χ1n) is 16.4. The van der Waals surface area contributed by atoms with Gasteiger partial charge >= 0.3 is 0 Å². The lowest BCUT2D eigenvalue weighted by Gasteiger charge is -2.23. The number of rotatable bonds is 2. The zero-order valence-electron chi connectivity index (χ0n) is 27.0. The van der Waals surface area contributed by atoms with Crippen LogP contribution in [0.15, 0.2) is 121 Å². The zero-order valence-corrected chi connectivity index (χ0v) is 27.0. The summed E-state index contributed by atoms with van der Waals surface area (Å²) < 4.78 is 0. The molecule has 218 valence electrons. The quantitative estimate of drug-likeness (QED) is 0.192. The summed E-state index contributed by atoms with van der Waals surface area (Å²) in [4.78, 5) is 0. The van der Waals surface area contributed by atoms with Crippen LogP contribution in [0, 0.1) is 0 Å². The van der Waals surface area contributed by atoms with E-state index in [4.69, 9.17) is 0 Å². The SMILES string of the molecule is CC1(C)c2ccc(-c3ccc4c(c3)C(C)(C)c3ccccc3-4)cc2-c2cc(-c3ccc4c(c3)C(C)(C)c3ccccc3-4)ccc21. The van der Waals surface area contributed by atoms with Crippen molar-refractivity contribution in [2.45, 2.75) is 57.8 Å². The fourth-order valence-corrected chi connectivity index (χ4v) is 8.90. The van der Waals surface area contributed by atoms with Crippen LogP contribution in [0.2, 0.25) is 0 Å². The molecule has 0 spiro atoms. The zero-order chi connectivity index (χ0) is 30.9. The molecule has 45 heavy (non-hydrogen) atoms. The van der Waals surface area contributed by atoms with E-state index >= 15 is 0 Å². The van der Waals surface area contributed by atoms with Gasteiger partial charge < -0.3 is 0 Å². The fraction of sp³-hybridized carbons (Fsp3) is 0.200. The Bertz CT molecular complexity index is 2080. The van der Waals surface area contributed by atoms with Crippen molar-refractivity contribution in [1.29, 1.82) is 0 Å². The van der Waals surface area contributed by atoms with E-state index in [1.165, 1.54) is 89.0 Å². The van der Waals surface area contributed by atoms with E-state index in [2.05, 4.69) is 163 Å². The topological polar surface area (TPSA) is 0 Å². The number of hydrogen-bond donors (Lipinski definition) is 0. The van der Waals surface area contributed by atoms with Crippen molar-refractivity contribution in [3.63, 3.8) is 0 Å². The lowest BCUT2D eigenvalue weighted by molar-refractivity contribution is 0.660. The van der Waals surface area contributed by atoms with Gasteiger partial charge in [-0.3, -0.25) is 0 Å². The molecule has 0 atom stereocenters. The molecule has 0 N–H and O–H groups in total. The third-order valence-electron chi connectivity index (χ3n) is 11.5. The Kier molecular flexibility index (Phi) is 5.18. The van der Waals surface area contributed by atoms with E-state index < -0.39 is 0 Å². The summed E-state index contributed by atoms with van der Waals surface area (Å²) in [5, 5.41) is 0. The molecule has 0 saturated heterocycles. The van der Waals surface area contributed by atoms with Gasteiger partial charge in [-0.05, 0) is 113 Å². The standard InChI is InChI=1S/C45H38/c1-43(2)39-21-17-27(29-15-19-33-31-11-7-9-13-37(31)44(3,4)41(33)25-29)23-35(39)36-24-28(18-22-40(36)43)30-16-20-34-32-12-8-10-14-38(32)45(5,6)42(34)26-30/h7-26H,1-6H3. The molecule has 0 fully saturated rings. The van der Waals surface area contributed by atoms with E-state index in [-0.39, 0.29) is 16.2 Å². The minimum Gasteiger partial charge on any atom is -0.0619 e. The molecule has 0 radical (unpaired) electrons. The van der Waals surface area contributed by atoms with Crippen LogP contribution in [0.5, 0.6) is 0 Å². The molecule has 0 aliphatic heterocycles. The highest BCUT2D eigenvalue weighted by Crippen LogP contribution is 2.53. The summed E-state index contributed by atoms with van der Waals surface area (Å²) in [7, 11) is 0. The second-order valence-corrected chi connectivity index (χ2v) is 15.0. The molecule has 3 aliphatic rings. The van der Waals surface area contributed by atoms with Gasteiger partial charge in [0.15, 0.2) is 0 Å². The van der Waals surface area contributed by atoms with Crippen LogP contribution < -0.4 is 0 Å². The van der Waals surface area contributed by atoms with Crippen molar-refractivity contribution < 1.29 is 0 Å². The predicted molar refractivity (Wildman–Crippen MR) is 190 cm³/mol. The lowest BCUT2D eigenvalue weighted by atomic mass is 9.80. The lowest BCUT2D eigenvalue weighted by Crippen LogP contribution is -2.15. The minimum atomic E-state index is -0.0368. The maximum Gasteiger partial charge on any atom is 0.0159 e. The molecule has 0 aromatic heterocycles. The molecular weight excluding hydrogens is 540 g/mol. The largest absolute Gasteiger partial charge is 0.0619 e. The van der Waals surface area contributed by atoms with Gasteiger partial charge in [-0.25, -0.2) is 0 Å². The monoisotopic (exact) mass is 578 g/mol. The maximum atomic E-state index is 2.45. The minimum absolute atomic E-state index is 0.00600. The van der Waals surface area contributed by atoms with E-state index in [1.54, 1.807) is 0 Å². The first-order valence-corrected chi connectivity index (χ1v) is 16.4. The molecule has 0 amide bonds. The Labute approximate surface area is 267 Å². The van der Waals surface area contributed by atoms with Crippen molar-refractivity contribution in [1.82, 2.24) is 0 Å². The molecule has 0 heterocycles. The van der Waals surface area contributed by atoms with Crippen molar-refractivity contribution >= 4 is 0 Å². The van der Waals surface area contributed by atoms with E-state index in [9.17, 15) is 0 Å². The molecule has 6 aromatic rings. The van der Waals surface area contributed by atoms with Crippen molar-refractivity contribution in [3.05, 3.63) is 155 Å². The van der Waals surface area contributed by atoms with E-state index in [0.29, 0.717) is 0 Å². The molecule has 0 heteroatoms. The van der Waals surface area contributed by atoms with Crippen LogP contribution in [0.4, 0.5) is 0 Å². The van der Waals surface area contributed by atoms with Crippen LogP contribution in [-0.4, -0.2) is 0 Å². The first-order chi connectivity index (χ1) is 21.6. The average molecular weight is 579 g/mol. The molecule has 0 nitrogen and oxygen atoms in total. The van der Waals surface area contributed by atoms with E-state index in [1.807, 2.05) is 0 Å². The molecule has 0 bridgehead atoms. The van der Waals surface area contributed by atoms with E-state index in [0.717, 1.165) is 0 Å². The Morgan fingerprint density at radius 2 is 0.578 bits per heavy atom. The van der Waals surface area contributed by atoms with Crippen LogP contribution in [0.1, 0.15) is 74.9 Å². The number of fused-ring (bicyclic) bond motifs is 9. The van der Waals surface area contributed by atoms with Gasteiger partial charge in [0.25, 0.3) is 0 Å². The Balaban J connectivity index is 1.15. The van der Waals surface area contributed by atoms with Gasteiger partial charge in [0, 0.05) is 16.2 Å². The molecule has 6 aromatic carbocycles. The second kappa shape index (κ2) is 8.73. The summed E-state index contributed by atoms with van der Waals surface area (Å²) in [5.41, 5.74) is 21.9. The molecular formula is C45H38. The highest BCUT2D eigenvalue weighted by atomic mass is 14.4. The maximum absolute atomic E-state index is 2.45. The fourth-order valence-electron chi connectivity index (χ4n) is 8.90. The van der Waals surface area contributed by atoms with Crippen molar-refractivity contribution in [3.8, 4) is 55.6 Å². The third-order valence-corrected chi connectivity index (χ3v) is 11.5. The molecule has 3 aliphatic carbocycles. The van der Waals surface area contributed by atoms with Crippen molar-refractivity contribution in [2.75, 3.05) is 0 Å². The van der Waals surface area contributed by atoms with Gasteiger partial charge in [0.05, 0.1) is 0 Å². The van der Waals surface area contributed by atoms with Crippen LogP contribution in [0.25, 0.3) is 55.6 Å². The summed E-state index contributed by atoms with van der Waals surface area (Å²) in [5.74, 6) is 0. The molecule has 9 rings (SSSR count). The van der Waals surface area contributed by atoms with Crippen molar-refractivity contribution in [2.24, 2.45) is 0 Å². The number of benzene rings is 6. The predicted octanol–water partition coefficient (Wildman–Crippen LogP) is 11.9. The van der Waals surface area contributed by atoms with Gasteiger partial charge in [-0.1, -0.05) is 139 Å². The molecule has 0 unspecified atom stereocenters.